The number of nitrogens with one attached hydrogen (secondary N) is 1. The fraction of sp³-hybridized carbons (Fsp3) is 0.562. The van der Waals surface area contributed by atoms with Gasteiger partial charge in [0.05, 0.1) is 5.75 Å². The van der Waals surface area contributed by atoms with E-state index in [0.717, 1.165) is 16.5 Å². The van der Waals surface area contributed by atoms with E-state index in [-0.39, 0.29) is 5.75 Å². The van der Waals surface area contributed by atoms with Crippen LogP contribution in [0.1, 0.15) is 18.9 Å². The molecule has 0 saturated heterocycles. The van der Waals surface area contributed by atoms with Gasteiger partial charge in [0, 0.05) is 45.8 Å². The molecule has 1 aromatic carbocycles. The Morgan fingerprint density at radius 3 is 2.54 bits per heavy atom. The first-order valence-electron chi connectivity index (χ1n) is 7.91. The topological polar surface area (TPSA) is 65.0 Å². The van der Waals surface area contributed by atoms with E-state index in [9.17, 15) is 8.42 Å². The fourth-order valence-corrected chi connectivity index (χ4v) is 3.25. The number of nitrogens with zero attached hydrogens (tertiary/aromatic N) is 3. The van der Waals surface area contributed by atoms with Gasteiger partial charge in [0.2, 0.25) is 10.0 Å². The van der Waals surface area contributed by atoms with Gasteiger partial charge >= 0.3 is 0 Å². The molecule has 1 rings (SSSR count). The Morgan fingerprint density at radius 2 is 1.96 bits per heavy atom. The van der Waals surface area contributed by atoms with Crippen molar-refractivity contribution in [3.63, 3.8) is 0 Å². The summed E-state index contributed by atoms with van der Waals surface area (Å²) in [6, 6.07) is 7.70. The Hall–Kier alpha value is -1.31. The van der Waals surface area contributed by atoms with Crippen molar-refractivity contribution in [1.29, 1.82) is 0 Å². The molecule has 24 heavy (non-hydrogen) atoms. The Kier molecular flexibility index (Phi) is 8.52. The summed E-state index contributed by atoms with van der Waals surface area (Å²) in [4.78, 5) is 6.23. The van der Waals surface area contributed by atoms with Crippen LogP contribution in [-0.4, -0.2) is 63.6 Å². The van der Waals surface area contributed by atoms with Crippen molar-refractivity contribution in [2.24, 2.45) is 4.99 Å². The summed E-state index contributed by atoms with van der Waals surface area (Å²) >= 11 is 6.18. The van der Waals surface area contributed by atoms with Crippen LogP contribution in [0.15, 0.2) is 29.3 Å². The zero-order valence-electron chi connectivity index (χ0n) is 14.8. The molecule has 0 aliphatic heterocycles. The maximum Gasteiger partial charge on any atom is 0.213 e. The molecule has 0 heterocycles. The molecule has 1 aromatic rings. The second kappa shape index (κ2) is 9.86. The summed E-state index contributed by atoms with van der Waals surface area (Å²) in [6.07, 6.45) is 0.703. The first kappa shape index (κ1) is 20.7. The molecule has 0 radical (unpaired) electrons. The molecule has 6 nitrogen and oxygen atoms in total. The lowest BCUT2D eigenvalue weighted by Gasteiger charge is -2.23. The van der Waals surface area contributed by atoms with Gasteiger partial charge in [-0.25, -0.2) is 12.7 Å². The van der Waals surface area contributed by atoms with Gasteiger partial charge in [-0.05, 0) is 25.0 Å². The van der Waals surface area contributed by atoms with Crippen molar-refractivity contribution >= 4 is 27.6 Å². The quantitative estimate of drug-likeness (QED) is 0.429. The largest absolute Gasteiger partial charge is 0.356 e. The number of hydrogen-bond donors (Lipinski definition) is 1. The van der Waals surface area contributed by atoms with Crippen molar-refractivity contribution in [3.8, 4) is 0 Å². The lowest BCUT2D eigenvalue weighted by molar-refractivity contribution is 0.450. The summed E-state index contributed by atoms with van der Waals surface area (Å²) in [7, 11) is 2.15. The fourth-order valence-electron chi connectivity index (χ4n) is 2.20. The van der Waals surface area contributed by atoms with Crippen LogP contribution in [0.4, 0.5) is 0 Å². The second-order valence-electron chi connectivity index (χ2n) is 5.50. The monoisotopic (exact) mass is 374 g/mol. The SMILES string of the molecule is CCS(=O)(=O)N(C)CCCNC(=NC)N(C)Cc1ccccc1Cl. The van der Waals surface area contributed by atoms with Gasteiger partial charge < -0.3 is 10.2 Å². The van der Waals surface area contributed by atoms with Crippen LogP contribution in [0.25, 0.3) is 0 Å². The van der Waals surface area contributed by atoms with E-state index in [1.54, 1.807) is 21.0 Å². The average Bonchev–Trinajstić information content (AvgIpc) is 2.56. The number of hydrogen-bond acceptors (Lipinski definition) is 3. The Labute approximate surface area is 150 Å². The number of aliphatic imine (C=N–C) groups is 1. The van der Waals surface area contributed by atoms with Crippen molar-refractivity contribution in [1.82, 2.24) is 14.5 Å². The molecule has 0 bridgehead atoms. The van der Waals surface area contributed by atoms with Crippen molar-refractivity contribution in [2.45, 2.75) is 19.9 Å². The van der Waals surface area contributed by atoms with Crippen molar-refractivity contribution in [2.75, 3.05) is 40.0 Å². The van der Waals surface area contributed by atoms with E-state index in [0.29, 0.717) is 26.1 Å². The minimum absolute atomic E-state index is 0.124. The molecule has 0 aliphatic rings. The zero-order chi connectivity index (χ0) is 18.2. The molecule has 8 heteroatoms. The highest BCUT2D eigenvalue weighted by atomic mass is 35.5. The third kappa shape index (κ3) is 6.30. The predicted molar refractivity (Wildman–Crippen MR) is 101 cm³/mol. The van der Waals surface area contributed by atoms with E-state index < -0.39 is 10.0 Å². The van der Waals surface area contributed by atoms with Gasteiger partial charge in [-0.3, -0.25) is 4.99 Å². The first-order chi connectivity index (χ1) is 11.3. The van der Waals surface area contributed by atoms with Gasteiger partial charge in [0.25, 0.3) is 0 Å². The molecule has 0 spiro atoms. The molecule has 0 saturated carbocycles. The smallest absolute Gasteiger partial charge is 0.213 e. The highest BCUT2D eigenvalue weighted by Crippen LogP contribution is 2.16. The average molecular weight is 375 g/mol. The van der Waals surface area contributed by atoms with E-state index in [2.05, 4.69) is 10.3 Å². The molecule has 0 fully saturated rings. The molecule has 0 aliphatic carbocycles. The number of rotatable bonds is 8. The Morgan fingerprint density at radius 1 is 1.29 bits per heavy atom. The number of sulfonamides is 1. The molecule has 1 N–H and O–H groups in total. The van der Waals surface area contributed by atoms with Crippen LogP contribution < -0.4 is 5.32 Å². The van der Waals surface area contributed by atoms with Crippen molar-refractivity contribution < 1.29 is 8.42 Å². The molecular weight excluding hydrogens is 348 g/mol. The minimum atomic E-state index is -3.12. The first-order valence-corrected chi connectivity index (χ1v) is 9.89. The third-order valence-electron chi connectivity index (χ3n) is 3.71. The third-order valence-corrected chi connectivity index (χ3v) is 5.94. The molecule has 136 valence electrons. The van der Waals surface area contributed by atoms with E-state index in [1.807, 2.05) is 36.2 Å². The molecular formula is C16H27ClN4O2S. The maximum absolute atomic E-state index is 11.7. The van der Waals surface area contributed by atoms with E-state index in [4.69, 9.17) is 11.6 Å². The number of guanidine groups is 1. The van der Waals surface area contributed by atoms with Gasteiger partial charge in [0.1, 0.15) is 0 Å². The molecule has 0 amide bonds. The summed E-state index contributed by atoms with van der Waals surface area (Å²) in [5.41, 5.74) is 1.03. The van der Waals surface area contributed by atoms with E-state index in [1.165, 1.54) is 4.31 Å². The van der Waals surface area contributed by atoms with Gasteiger partial charge in [0.15, 0.2) is 5.96 Å². The predicted octanol–water partition coefficient (Wildman–Crippen LogP) is 2.02. The molecule has 0 unspecified atom stereocenters. The highest BCUT2D eigenvalue weighted by molar-refractivity contribution is 7.89. The summed E-state index contributed by atoms with van der Waals surface area (Å²) in [5, 5.41) is 3.97. The van der Waals surface area contributed by atoms with Crippen LogP contribution in [0, 0.1) is 0 Å². The Balaban J connectivity index is 2.46. The lowest BCUT2D eigenvalue weighted by Crippen LogP contribution is -2.40. The maximum atomic E-state index is 11.7. The van der Waals surface area contributed by atoms with Crippen LogP contribution >= 0.6 is 11.6 Å². The van der Waals surface area contributed by atoms with Crippen LogP contribution in [0.5, 0.6) is 0 Å². The van der Waals surface area contributed by atoms with Gasteiger partial charge in [-0.15, -0.1) is 0 Å². The highest BCUT2D eigenvalue weighted by Gasteiger charge is 2.14. The summed E-state index contributed by atoms with van der Waals surface area (Å²) in [6.45, 7) is 3.41. The minimum Gasteiger partial charge on any atom is -0.356 e. The van der Waals surface area contributed by atoms with Gasteiger partial charge in [-0.1, -0.05) is 29.8 Å². The van der Waals surface area contributed by atoms with Gasteiger partial charge in [-0.2, -0.15) is 0 Å². The Bertz CT molecular complexity index is 649. The number of halogens is 1. The standard InChI is InChI=1S/C16H27ClN4O2S/c1-5-24(22,23)21(4)12-8-11-19-16(18-2)20(3)13-14-9-6-7-10-15(14)17/h6-7,9-10H,5,8,11-13H2,1-4H3,(H,18,19). The second-order valence-corrected chi connectivity index (χ2v) is 8.27. The van der Waals surface area contributed by atoms with Crippen LogP contribution in [-0.2, 0) is 16.6 Å². The van der Waals surface area contributed by atoms with Crippen LogP contribution in [0.2, 0.25) is 5.02 Å². The van der Waals surface area contributed by atoms with Crippen molar-refractivity contribution in [3.05, 3.63) is 34.9 Å². The summed E-state index contributed by atoms with van der Waals surface area (Å²) in [5.74, 6) is 0.870. The molecule has 0 aromatic heterocycles. The van der Waals surface area contributed by atoms with E-state index >= 15 is 0 Å². The normalized spacial score (nSPS) is 12.5. The zero-order valence-corrected chi connectivity index (χ0v) is 16.4. The summed E-state index contributed by atoms with van der Waals surface area (Å²) < 4.78 is 24.8. The number of benzene rings is 1. The lowest BCUT2D eigenvalue weighted by atomic mass is 10.2. The molecule has 0 atom stereocenters. The van der Waals surface area contributed by atoms with Crippen LogP contribution in [0.3, 0.4) is 0 Å².